The van der Waals surface area contributed by atoms with Crippen molar-refractivity contribution in [1.29, 1.82) is 0 Å². The van der Waals surface area contributed by atoms with E-state index in [0.717, 1.165) is 23.4 Å². The van der Waals surface area contributed by atoms with E-state index in [4.69, 9.17) is 10.3 Å². The average Bonchev–Trinajstić information content (AvgIpc) is 2.76. The predicted octanol–water partition coefficient (Wildman–Crippen LogP) is 2.22. The molecule has 0 aliphatic rings. The van der Waals surface area contributed by atoms with Crippen molar-refractivity contribution in [2.24, 2.45) is 0 Å². The number of nitrogens with zero attached hydrogens (tertiary/aromatic N) is 2. The molecule has 0 aliphatic carbocycles. The molecule has 0 atom stereocenters. The summed E-state index contributed by atoms with van der Waals surface area (Å²) < 4.78 is 5.15. The summed E-state index contributed by atoms with van der Waals surface area (Å²) in [6, 6.07) is 7.43. The first-order valence-corrected chi connectivity index (χ1v) is 6.36. The van der Waals surface area contributed by atoms with Crippen LogP contribution < -0.4 is 5.73 Å². The van der Waals surface area contributed by atoms with Crippen LogP contribution in [-0.2, 0) is 6.42 Å². The van der Waals surface area contributed by atoms with Gasteiger partial charge in [-0.05, 0) is 30.5 Å². The zero-order valence-electron chi connectivity index (χ0n) is 9.01. The first kappa shape index (κ1) is 11.0. The highest BCUT2D eigenvalue weighted by Gasteiger charge is 2.07. The summed E-state index contributed by atoms with van der Waals surface area (Å²) in [5.74, 6) is 2.29. The molecule has 2 aromatic rings. The second-order valence-electron chi connectivity index (χ2n) is 3.38. The zero-order valence-corrected chi connectivity index (χ0v) is 9.83. The molecule has 16 heavy (non-hydrogen) atoms. The number of thioether (sulfide) groups is 1. The molecule has 4 nitrogen and oxygen atoms in total. The SMILES string of the molecule is CSCCc1nc(-c2ccc(N)cc2)no1. The number of anilines is 1. The third-order valence-electron chi connectivity index (χ3n) is 2.16. The van der Waals surface area contributed by atoms with Crippen LogP contribution in [0.25, 0.3) is 11.4 Å². The highest BCUT2D eigenvalue weighted by Crippen LogP contribution is 2.17. The predicted molar refractivity (Wildman–Crippen MR) is 66.2 cm³/mol. The molecular weight excluding hydrogens is 222 g/mol. The maximum Gasteiger partial charge on any atom is 0.227 e. The first-order chi connectivity index (χ1) is 7.79. The minimum Gasteiger partial charge on any atom is -0.399 e. The normalized spacial score (nSPS) is 10.6. The molecule has 2 rings (SSSR count). The smallest absolute Gasteiger partial charge is 0.227 e. The van der Waals surface area contributed by atoms with Crippen molar-refractivity contribution in [2.75, 3.05) is 17.7 Å². The lowest BCUT2D eigenvalue weighted by Crippen LogP contribution is -1.88. The van der Waals surface area contributed by atoms with Crippen LogP contribution in [0, 0.1) is 0 Å². The zero-order chi connectivity index (χ0) is 11.4. The topological polar surface area (TPSA) is 64.9 Å². The summed E-state index contributed by atoms with van der Waals surface area (Å²) in [5, 5.41) is 3.93. The number of hydrogen-bond acceptors (Lipinski definition) is 5. The number of aryl methyl sites for hydroxylation is 1. The molecule has 0 bridgehead atoms. The number of hydrogen-bond donors (Lipinski definition) is 1. The Labute approximate surface area is 98.2 Å². The van der Waals surface area contributed by atoms with E-state index in [1.165, 1.54) is 0 Å². The lowest BCUT2D eigenvalue weighted by atomic mass is 10.2. The van der Waals surface area contributed by atoms with E-state index < -0.39 is 0 Å². The van der Waals surface area contributed by atoms with E-state index in [0.29, 0.717) is 11.7 Å². The molecule has 1 aromatic heterocycles. The molecule has 0 radical (unpaired) electrons. The van der Waals surface area contributed by atoms with Crippen molar-refractivity contribution in [3.63, 3.8) is 0 Å². The Morgan fingerprint density at radius 3 is 2.75 bits per heavy atom. The number of rotatable bonds is 4. The van der Waals surface area contributed by atoms with Gasteiger partial charge < -0.3 is 10.3 Å². The summed E-state index contributed by atoms with van der Waals surface area (Å²) in [7, 11) is 0. The quantitative estimate of drug-likeness (QED) is 0.823. The van der Waals surface area contributed by atoms with Crippen molar-refractivity contribution in [1.82, 2.24) is 10.1 Å². The fraction of sp³-hybridized carbons (Fsp3) is 0.273. The van der Waals surface area contributed by atoms with Crippen LogP contribution >= 0.6 is 11.8 Å². The standard InChI is InChI=1S/C11H13N3OS/c1-16-7-6-10-13-11(14-15-10)8-2-4-9(12)5-3-8/h2-5H,6-7,12H2,1H3. The van der Waals surface area contributed by atoms with Gasteiger partial charge >= 0.3 is 0 Å². The molecule has 2 N–H and O–H groups in total. The molecule has 0 aliphatic heterocycles. The average molecular weight is 235 g/mol. The fourth-order valence-electron chi connectivity index (χ4n) is 1.30. The van der Waals surface area contributed by atoms with Gasteiger partial charge in [0.2, 0.25) is 11.7 Å². The van der Waals surface area contributed by atoms with E-state index in [2.05, 4.69) is 16.4 Å². The first-order valence-electron chi connectivity index (χ1n) is 4.97. The van der Waals surface area contributed by atoms with Crippen molar-refractivity contribution in [2.45, 2.75) is 6.42 Å². The summed E-state index contributed by atoms with van der Waals surface area (Å²) in [4.78, 5) is 4.32. The van der Waals surface area contributed by atoms with E-state index >= 15 is 0 Å². The van der Waals surface area contributed by atoms with E-state index in [9.17, 15) is 0 Å². The largest absolute Gasteiger partial charge is 0.399 e. The van der Waals surface area contributed by atoms with Gasteiger partial charge in [-0.1, -0.05) is 5.16 Å². The highest BCUT2D eigenvalue weighted by molar-refractivity contribution is 7.98. The van der Waals surface area contributed by atoms with Gasteiger partial charge in [-0.2, -0.15) is 16.7 Å². The highest BCUT2D eigenvalue weighted by atomic mass is 32.2. The molecule has 0 unspecified atom stereocenters. The van der Waals surface area contributed by atoms with Gasteiger partial charge in [0.25, 0.3) is 0 Å². The summed E-state index contributed by atoms with van der Waals surface area (Å²) in [6.45, 7) is 0. The minimum atomic E-state index is 0.621. The number of nitrogens with two attached hydrogens (primary N) is 1. The maximum atomic E-state index is 5.61. The van der Waals surface area contributed by atoms with Crippen molar-refractivity contribution < 1.29 is 4.52 Å². The molecule has 0 fully saturated rings. The Bertz CT molecular complexity index is 453. The van der Waals surface area contributed by atoms with Crippen LogP contribution in [0.15, 0.2) is 28.8 Å². The van der Waals surface area contributed by atoms with Gasteiger partial charge in [0.1, 0.15) is 0 Å². The summed E-state index contributed by atoms with van der Waals surface area (Å²) >= 11 is 1.76. The van der Waals surface area contributed by atoms with Crippen LogP contribution in [0.5, 0.6) is 0 Å². The van der Waals surface area contributed by atoms with Crippen LogP contribution in [-0.4, -0.2) is 22.1 Å². The van der Waals surface area contributed by atoms with E-state index in [1.807, 2.05) is 24.3 Å². The second-order valence-corrected chi connectivity index (χ2v) is 4.36. The molecule has 5 heteroatoms. The van der Waals surface area contributed by atoms with Gasteiger partial charge in [-0.25, -0.2) is 0 Å². The van der Waals surface area contributed by atoms with Crippen LogP contribution in [0.2, 0.25) is 0 Å². The van der Waals surface area contributed by atoms with Crippen molar-refractivity contribution >= 4 is 17.4 Å². The van der Waals surface area contributed by atoms with Gasteiger partial charge in [0.15, 0.2) is 0 Å². The lowest BCUT2D eigenvalue weighted by molar-refractivity contribution is 0.383. The molecule has 1 aromatic carbocycles. The second kappa shape index (κ2) is 5.03. The molecular formula is C11H13N3OS. The van der Waals surface area contributed by atoms with Gasteiger partial charge in [0, 0.05) is 23.4 Å². The molecule has 0 saturated carbocycles. The van der Waals surface area contributed by atoms with E-state index in [-0.39, 0.29) is 0 Å². The minimum absolute atomic E-state index is 0.621. The van der Waals surface area contributed by atoms with E-state index in [1.54, 1.807) is 11.8 Å². The van der Waals surface area contributed by atoms with Crippen molar-refractivity contribution in [3.05, 3.63) is 30.2 Å². The Hall–Kier alpha value is -1.49. The summed E-state index contributed by atoms with van der Waals surface area (Å²) in [6.07, 6.45) is 2.86. The van der Waals surface area contributed by atoms with Crippen LogP contribution in [0.4, 0.5) is 5.69 Å². The molecule has 1 heterocycles. The molecule has 0 spiro atoms. The van der Waals surface area contributed by atoms with Gasteiger partial charge in [0.05, 0.1) is 0 Å². The lowest BCUT2D eigenvalue weighted by Gasteiger charge is -1.94. The Morgan fingerprint density at radius 2 is 2.06 bits per heavy atom. The number of aromatic nitrogens is 2. The van der Waals surface area contributed by atoms with Gasteiger partial charge in [-0.15, -0.1) is 0 Å². The van der Waals surface area contributed by atoms with Crippen LogP contribution in [0.1, 0.15) is 5.89 Å². The van der Waals surface area contributed by atoms with Crippen molar-refractivity contribution in [3.8, 4) is 11.4 Å². The number of nitrogen functional groups attached to an aromatic ring is 1. The van der Waals surface area contributed by atoms with Gasteiger partial charge in [-0.3, -0.25) is 0 Å². The summed E-state index contributed by atoms with van der Waals surface area (Å²) in [5.41, 5.74) is 7.26. The van der Waals surface area contributed by atoms with Crippen LogP contribution in [0.3, 0.4) is 0 Å². The third-order valence-corrected chi connectivity index (χ3v) is 2.77. The Kier molecular flexibility index (Phi) is 3.46. The fourth-order valence-corrected chi connectivity index (χ4v) is 1.67. The third kappa shape index (κ3) is 2.55. The maximum absolute atomic E-state index is 5.61. The monoisotopic (exact) mass is 235 g/mol. The number of benzene rings is 1. The Morgan fingerprint density at radius 1 is 1.31 bits per heavy atom. The molecule has 0 saturated heterocycles. The Balaban J connectivity index is 2.15. The molecule has 0 amide bonds. The molecule has 84 valence electrons.